The zero-order valence-electron chi connectivity index (χ0n) is 10.6. The lowest BCUT2D eigenvalue weighted by Crippen LogP contribution is -2.27. The topological polar surface area (TPSA) is 41.1 Å². The van der Waals surface area contributed by atoms with E-state index in [4.69, 9.17) is 0 Å². The van der Waals surface area contributed by atoms with Crippen molar-refractivity contribution in [1.82, 2.24) is 5.32 Å². The van der Waals surface area contributed by atoms with Crippen molar-refractivity contribution in [3.05, 3.63) is 41.6 Å². The van der Waals surface area contributed by atoms with Crippen LogP contribution in [-0.2, 0) is 12.4 Å². The van der Waals surface area contributed by atoms with Crippen LogP contribution < -0.4 is 10.6 Å². The Labute approximate surface area is 115 Å². The first-order chi connectivity index (χ1) is 9.39. The summed E-state index contributed by atoms with van der Waals surface area (Å²) in [4.78, 5) is 11.3. The highest BCUT2D eigenvalue weighted by Gasteiger charge is 2.37. The van der Waals surface area contributed by atoms with Gasteiger partial charge in [0.2, 0.25) is 0 Å². The van der Waals surface area contributed by atoms with Crippen molar-refractivity contribution in [1.29, 1.82) is 0 Å². The Balaban J connectivity index is 3.20. The number of carbonyl (C=O) groups is 1. The number of allylic oxidation sites excluding steroid dienone is 1. The van der Waals surface area contributed by atoms with Crippen LogP contribution in [0.3, 0.4) is 0 Å². The zero-order chi connectivity index (χ0) is 16.4. The summed E-state index contributed by atoms with van der Waals surface area (Å²) in [7, 11) is 0. The third kappa shape index (κ3) is 5.01. The summed E-state index contributed by atoms with van der Waals surface area (Å²) in [5.41, 5.74) is -3.47. The van der Waals surface area contributed by atoms with Crippen molar-refractivity contribution in [3.8, 4) is 0 Å². The normalized spacial score (nSPS) is 12.0. The van der Waals surface area contributed by atoms with E-state index >= 15 is 0 Å². The molecule has 0 fully saturated rings. The summed E-state index contributed by atoms with van der Waals surface area (Å²) in [6.07, 6.45) is -9.94. The molecule has 1 rings (SSSR count). The van der Waals surface area contributed by atoms with Gasteiger partial charge in [0.25, 0.3) is 0 Å². The lowest BCUT2D eigenvalue weighted by molar-refractivity contribution is -0.143. The van der Waals surface area contributed by atoms with Crippen LogP contribution in [0.25, 0.3) is 0 Å². The van der Waals surface area contributed by atoms with Gasteiger partial charge in [-0.15, -0.1) is 0 Å². The number of anilines is 1. The largest absolute Gasteiger partial charge is 0.416 e. The molecular formula is C12H10F6N2O. The first kappa shape index (κ1) is 16.9. The second-order valence-electron chi connectivity index (χ2n) is 4.15. The summed E-state index contributed by atoms with van der Waals surface area (Å²) < 4.78 is 75.4. The molecule has 3 nitrogen and oxygen atoms in total. The van der Waals surface area contributed by atoms with E-state index in [1.165, 1.54) is 6.92 Å². The van der Waals surface area contributed by atoms with Gasteiger partial charge in [-0.05, 0) is 25.1 Å². The number of hydrogen-bond acceptors (Lipinski definition) is 1. The second kappa shape index (κ2) is 5.66. The van der Waals surface area contributed by atoms with Gasteiger partial charge in [-0.3, -0.25) is 0 Å². The average molecular weight is 312 g/mol. The maximum Gasteiger partial charge on any atom is 0.416 e. The Morgan fingerprint density at radius 3 is 1.76 bits per heavy atom. The molecule has 2 amide bonds. The van der Waals surface area contributed by atoms with Crippen molar-refractivity contribution < 1.29 is 31.1 Å². The van der Waals surface area contributed by atoms with Crippen molar-refractivity contribution in [2.24, 2.45) is 0 Å². The lowest BCUT2D eigenvalue weighted by Gasteiger charge is -2.15. The number of alkyl halides is 6. The maximum absolute atomic E-state index is 12.6. The molecule has 1 aromatic rings. The third-order valence-electron chi connectivity index (χ3n) is 2.17. The van der Waals surface area contributed by atoms with Crippen molar-refractivity contribution in [3.63, 3.8) is 0 Å². The fraction of sp³-hybridized carbons (Fsp3) is 0.250. The minimum Gasteiger partial charge on any atom is -0.312 e. The molecule has 0 saturated carbocycles. The number of rotatable bonds is 2. The van der Waals surface area contributed by atoms with Gasteiger partial charge < -0.3 is 10.6 Å². The Bertz CT molecular complexity index is 530. The van der Waals surface area contributed by atoms with Crippen LogP contribution in [0.15, 0.2) is 30.5 Å². The Kier molecular flexibility index (Phi) is 4.55. The van der Waals surface area contributed by atoms with Crippen LogP contribution >= 0.6 is 0 Å². The minimum atomic E-state index is -4.97. The molecule has 2 N–H and O–H groups in total. The van der Waals surface area contributed by atoms with Gasteiger partial charge >= 0.3 is 18.4 Å². The van der Waals surface area contributed by atoms with Crippen LogP contribution in [-0.4, -0.2) is 6.03 Å². The molecule has 9 heteroatoms. The molecule has 0 aliphatic rings. The molecular weight excluding hydrogens is 302 g/mol. The van der Waals surface area contributed by atoms with E-state index in [-0.39, 0.29) is 11.8 Å². The first-order valence-corrected chi connectivity index (χ1v) is 5.42. The molecule has 1 aromatic carbocycles. The van der Waals surface area contributed by atoms with E-state index in [0.29, 0.717) is 12.1 Å². The standard InChI is InChI=1S/C12H10F6N2O/c1-6(2)19-10(21)20-9-4-7(11(13,14)15)3-8(5-9)12(16,17)18/h3-5H,1H2,2H3,(H2,19,20,21). The fourth-order valence-corrected chi connectivity index (χ4v) is 1.38. The highest BCUT2D eigenvalue weighted by atomic mass is 19.4. The molecule has 0 aromatic heterocycles. The number of hydrogen-bond donors (Lipinski definition) is 2. The second-order valence-corrected chi connectivity index (χ2v) is 4.15. The third-order valence-corrected chi connectivity index (χ3v) is 2.17. The van der Waals surface area contributed by atoms with E-state index in [1.54, 1.807) is 0 Å². The highest BCUT2D eigenvalue weighted by molar-refractivity contribution is 5.90. The monoisotopic (exact) mass is 312 g/mol. The zero-order valence-corrected chi connectivity index (χ0v) is 10.6. The molecule has 0 bridgehead atoms. The van der Waals surface area contributed by atoms with Gasteiger partial charge in [0.15, 0.2) is 0 Å². The molecule has 116 valence electrons. The number of urea groups is 1. The van der Waals surface area contributed by atoms with E-state index < -0.39 is 35.2 Å². The molecule has 0 unspecified atom stereocenters. The molecule has 0 saturated heterocycles. The SMILES string of the molecule is C=C(C)NC(=O)Nc1cc(C(F)(F)F)cc(C(F)(F)F)c1. The summed E-state index contributed by atoms with van der Waals surface area (Å²) in [5.74, 6) is 0. The molecule has 21 heavy (non-hydrogen) atoms. The van der Waals surface area contributed by atoms with Crippen LogP contribution in [0, 0.1) is 0 Å². The van der Waals surface area contributed by atoms with Crippen molar-refractivity contribution >= 4 is 11.7 Å². The van der Waals surface area contributed by atoms with Gasteiger partial charge in [-0.2, -0.15) is 26.3 Å². The summed E-state index contributed by atoms with van der Waals surface area (Å²) in [6.45, 7) is 4.71. The van der Waals surface area contributed by atoms with Gasteiger partial charge in [0, 0.05) is 11.4 Å². The smallest absolute Gasteiger partial charge is 0.312 e. The number of amides is 2. The number of nitrogens with one attached hydrogen (secondary N) is 2. The molecule has 0 radical (unpaired) electrons. The summed E-state index contributed by atoms with van der Waals surface area (Å²) in [6, 6.07) is -0.197. The predicted molar refractivity (Wildman–Crippen MR) is 63.4 cm³/mol. The number of benzene rings is 1. The van der Waals surface area contributed by atoms with E-state index in [9.17, 15) is 31.1 Å². The Hall–Kier alpha value is -2.19. The van der Waals surface area contributed by atoms with Crippen molar-refractivity contribution in [2.45, 2.75) is 19.3 Å². The predicted octanol–water partition coefficient (Wildman–Crippen LogP) is 4.38. The molecule has 0 aliphatic carbocycles. The molecule has 0 heterocycles. The van der Waals surface area contributed by atoms with Gasteiger partial charge in [0.1, 0.15) is 0 Å². The average Bonchev–Trinajstić information content (AvgIpc) is 2.24. The number of halogens is 6. The van der Waals surface area contributed by atoms with Crippen LogP contribution in [0.4, 0.5) is 36.8 Å². The van der Waals surface area contributed by atoms with Crippen LogP contribution in [0.5, 0.6) is 0 Å². The van der Waals surface area contributed by atoms with Gasteiger partial charge in [-0.25, -0.2) is 4.79 Å². The maximum atomic E-state index is 12.6. The van der Waals surface area contributed by atoms with Crippen LogP contribution in [0.2, 0.25) is 0 Å². The molecule has 0 atom stereocenters. The summed E-state index contributed by atoms with van der Waals surface area (Å²) in [5, 5.41) is 3.99. The lowest BCUT2D eigenvalue weighted by atomic mass is 10.1. The quantitative estimate of drug-likeness (QED) is 0.782. The molecule has 0 spiro atoms. The Morgan fingerprint density at radius 2 is 1.43 bits per heavy atom. The van der Waals surface area contributed by atoms with Crippen molar-refractivity contribution in [2.75, 3.05) is 5.32 Å². The van der Waals surface area contributed by atoms with Gasteiger partial charge in [-0.1, -0.05) is 6.58 Å². The van der Waals surface area contributed by atoms with Crippen LogP contribution in [0.1, 0.15) is 18.1 Å². The number of carbonyl (C=O) groups excluding carboxylic acids is 1. The minimum absolute atomic E-state index is 0.0260. The first-order valence-electron chi connectivity index (χ1n) is 5.42. The fourth-order valence-electron chi connectivity index (χ4n) is 1.38. The molecule has 0 aliphatic heterocycles. The highest BCUT2D eigenvalue weighted by Crippen LogP contribution is 2.37. The van der Waals surface area contributed by atoms with E-state index in [0.717, 1.165) is 0 Å². The van der Waals surface area contributed by atoms with E-state index in [2.05, 4.69) is 11.9 Å². The Morgan fingerprint density at radius 1 is 1.00 bits per heavy atom. The van der Waals surface area contributed by atoms with Gasteiger partial charge in [0.05, 0.1) is 11.1 Å². The summed E-state index contributed by atoms with van der Waals surface area (Å²) >= 11 is 0. The van der Waals surface area contributed by atoms with E-state index in [1.807, 2.05) is 5.32 Å².